The molecule has 1 aromatic rings. The molecule has 1 amide bonds. The number of amides is 1. The second kappa shape index (κ2) is 5.82. The van der Waals surface area contributed by atoms with E-state index in [1.54, 1.807) is 0 Å². The first kappa shape index (κ1) is 12.1. The van der Waals surface area contributed by atoms with E-state index in [2.05, 4.69) is 10.6 Å². The van der Waals surface area contributed by atoms with Crippen molar-refractivity contribution in [2.45, 2.75) is 26.2 Å². The fourth-order valence-electron chi connectivity index (χ4n) is 1.84. The minimum absolute atomic E-state index is 0.0337. The van der Waals surface area contributed by atoms with Gasteiger partial charge in [-0.2, -0.15) is 0 Å². The lowest BCUT2D eigenvalue weighted by Gasteiger charge is -2.07. The van der Waals surface area contributed by atoms with E-state index >= 15 is 0 Å². The van der Waals surface area contributed by atoms with Crippen molar-refractivity contribution in [3.8, 4) is 0 Å². The predicted molar refractivity (Wildman–Crippen MR) is 70.0 cm³/mol. The standard InChI is InChI=1S/C14H20N2O/c1-11-3-2-4-13(9-11)16-14(17)10-15-8-7-12-5-6-12/h2-4,9,12,15H,5-8,10H2,1H3,(H,16,17). The maximum Gasteiger partial charge on any atom is 0.238 e. The minimum Gasteiger partial charge on any atom is -0.325 e. The van der Waals surface area contributed by atoms with E-state index in [0.717, 1.165) is 23.7 Å². The van der Waals surface area contributed by atoms with E-state index in [0.29, 0.717) is 6.54 Å². The van der Waals surface area contributed by atoms with Crippen LogP contribution in [0.15, 0.2) is 24.3 Å². The number of nitrogens with one attached hydrogen (secondary N) is 2. The predicted octanol–water partition coefficient (Wildman–Crippen LogP) is 2.32. The summed E-state index contributed by atoms with van der Waals surface area (Å²) in [7, 11) is 0. The lowest BCUT2D eigenvalue weighted by Crippen LogP contribution is -2.28. The molecule has 1 fully saturated rings. The molecule has 0 heterocycles. The topological polar surface area (TPSA) is 41.1 Å². The molecule has 0 radical (unpaired) electrons. The van der Waals surface area contributed by atoms with Crippen LogP contribution in [0.3, 0.4) is 0 Å². The molecule has 0 unspecified atom stereocenters. The van der Waals surface area contributed by atoms with Crippen LogP contribution in [0, 0.1) is 12.8 Å². The van der Waals surface area contributed by atoms with Gasteiger partial charge in [0, 0.05) is 5.69 Å². The Balaban J connectivity index is 1.65. The van der Waals surface area contributed by atoms with Gasteiger partial charge in [0.1, 0.15) is 0 Å². The third-order valence-electron chi connectivity index (χ3n) is 3.01. The van der Waals surface area contributed by atoms with Crippen LogP contribution in [0.4, 0.5) is 5.69 Å². The van der Waals surface area contributed by atoms with E-state index in [4.69, 9.17) is 0 Å². The SMILES string of the molecule is Cc1cccc(NC(=O)CNCCC2CC2)c1. The third kappa shape index (κ3) is 4.57. The van der Waals surface area contributed by atoms with Crippen LogP contribution in [-0.2, 0) is 4.79 Å². The fraction of sp³-hybridized carbons (Fsp3) is 0.500. The molecule has 0 bridgehead atoms. The molecule has 2 rings (SSSR count). The zero-order chi connectivity index (χ0) is 12.1. The van der Waals surface area contributed by atoms with Gasteiger partial charge in [0.05, 0.1) is 6.54 Å². The molecular formula is C14H20N2O. The lowest BCUT2D eigenvalue weighted by atomic mass is 10.2. The Bertz CT molecular complexity index is 386. The molecule has 0 spiro atoms. The first-order valence-corrected chi connectivity index (χ1v) is 6.31. The van der Waals surface area contributed by atoms with Crippen molar-refractivity contribution >= 4 is 11.6 Å². The molecule has 3 heteroatoms. The van der Waals surface area contributed by atoms with Gasteiger partial charge in [-0.25, -0.2) is 0 Å². The molecule has 0 atom stereocenters. The highest BCUT2D eigenvalue weighted by Crippen LogP contribution is 2.31. The summed E-state index contributed by atoms with van der Waals surface area (Å²) >= 11 is 0. The molecule has 0 aliphatic heterocycles. The highest BCUT2D eigenvalue weighted by molar-refractivity contribution is 5.92. The number of carbonyl (C=O) groups excluding carboxylic acids is 1. The number of carbonyl (C=O) groups is 1. The molecule has 1 aliphatic rings. The maximum atomic E-state index is 11.6. The highest BCUT2D eigenvalue weighted by atomic mass is 16.1. The number of benzene rings is 1. The van der Waals surface area contributed by atoms with Gasteiger partial charge in [-0.1, -0.05) is 25.0 Å². The average Bonchev–Trinajstić information content (AvgIpc) is 3.08. The normalized spacial score (nSPS) is 14.6. The van der Waals surface area contributed by atoms with E-state index in [1.165, 1.54) is 19.3 Å². The van der Waals surface area contributed by atoms with Gasteiger partial charge in [0.2, 0.25) is 5.91 Å². The molecule has 1 aliphatic carbocycles. The van der Waals surface area contributed by atoms with Gasteiger partial charge in [0.25, 0.3) is 0 Å². The van der Waals surface area contributed by atoms with Crippen LogP contribution in [0.2, 0.25) is 0 Å². The third-order valence-corrected chi connectivity index (χ3v) is 3.01. The van der Waals surface area contributed by atoms with Crippen LogP contribution in [0.25, 0.3) is 0 Å². The summed E-state index contributed by atoms with van der Waals surface area (Å²) in [6.45, 7) is 3.37. The van der Waals surface area contributed by atoms with Crippen molar-refractivity contribution in [3.05, 3.63) is 29.8 Å². The van der Waals surface area contributed by atoms with Gasteiger partial charge >= 0.3 is 0 Å². The van der Waals surface area contributed by atoms with Crippen LogP contribution in [0.5, 0.6) is 0 Å². The first-order valence-electron chi connectivity index (χ1n) is 6.31. The Morgan fingerprint density at radius 1 is 1.41 bits per heavy atom. The Morgan fingerprint density at radius 2 is 2.24 bits per heavy atom. The molecular weight excluding hydrogens is 212 g/mol. The zero-order valence-electron chi connectivity index (χ0n) is 10.3. The Kier molecular flexibility index (Phi) is 4.15. The van der Waals surface area contributed by atoms with Gasteiger partial charge in [-0.05, 0) is 43.5 Å². The monoisotopic (exact) mass is 232 g/mol. The van der Waals surface area contributed by atoms with Crippen molar-refractivity contribution in [3.63, 3.8) is 0 Å². The van der Waals surface area contributed by atoms with Crippen molar-refractivity contribution < 1.29 is 4.79 Å². The number of aryl methyl sites for hydroxylation is 1. The molecule has 1 aromatic carbocycles. The molecule has 17 heavy (non-hydrogen) atoms. The molecule has 0 saturated heterocycles. The van der Waals surface area contributed by atoms with Crippen molar-refractivity contribution in [1.29, 1.82) is 0 Å². The first-order chi connectivity index (χ1) is 8.24. The molecule has 1 saturated carbocycles. The summed E-state index contributed by atoms with van der Waals surface area (Å²) in [4.78, 5) is 11.6. The van der Waals surface area contributed by atoms with Gasteiger partial charge < -0.3 is 10.6 Å². The van der Waals surface area contributed by atoms with E-state index in [1.807, 2.05) is 31.2 Å². The second-order valence-corrected chi connectivity index (χ2v) is 4.83. The van der Waals surface area contributed by atoms with Crippen LogP contribution in [0.1, 0.15) is 24.8 Å². The molecule has 0 aromatic heterocycles. The molecule has 92 valence electrons. The van der Waals surface area contributed by atoms with Gasteiger partial charge in [0.15, 0.2) is 0 Å². The van der Waals surface area contributed by atoms with Crippen LogP contribution < -0.4 is 10.6 Å². The van der Waals surface area contributed by atoms with Crippen molar-refractivity contribution in [2.75, 3.05) is 18.4 Å². The smallest absolute Gasteiger partial charge is 0.238 e. The average molecular weight is 232 g/mol. The Hall–Kier alpha value is -1.35. The fourth-order valence-corrected chi connectivity index (χ4v) is 1.84. The largest absolute Gasteiger partial charge is 0.325 e. The molecule has 3 nitrogen and oxygen atoms in total. The highest BCUT2D eigenvalue weighted by Gasteiger charge is 2.20. The number of hydrogen-bond acceptors (Lipinski definition) is 2. The van der Waals surface area contributed by atoms with Gasteiger partial charge in [-0.3, -0.25) is 4.79 Å². The Morgan fingerprint density at radius 3 is 2.94 bits per heavy atom. The van der Waals surface area contributed by atoms with E-state index in [9.17, 15) is 4.79 Å². The zero-order valence-corrected chi connectivity index (χ0v) is 10.3. The summed E-state index contributed by atoms with van der Waals surface area (Å²) in [5, 5.41) is 6.06. The maximum absolute atomic E-state index is 11.6. The van der Waals surface area contributed by atoms with E-state index < -0.39 is 0 Å². The summed E-state index contributed by atoms with van der Waals surface area (Å²) < 4.78 is 0. The number of rotatable bonds is 6. The lowest BCUT2D eigenvalue weighted by molar-refractivity contribution is -0.115. The molecule has 2 N–H and O–H groups in total. The van der Waals surface area contributed by atoms with Gasteiger partial charge in [-0.15, -0.1) is 0 Å². The quantitative estimate of drug-likeness (QED) is 0.739. The number of hydrogen-bond donors (Lipinski definition) is 2. The summed E-state index contributed by atoms with van der Waals surface area (Å²) in [6.07, 6.45) is 3.95. The second-order valence-electron chi connectivity index (χ2n) is 4.83. The summed E-state index contributed by atoms with van der Waals surface area (Å²) in [6, 6.07) is 7.85. The minimum atomic E-state index is 0.0337. The van der Waals surface area contributed by atoms with Crippen LogP contribution >= 0.6 is 0 Å². The van der Waals surface area contributed by atoms with Crippen molar-refractivity contribution in [2.24, 2.45) is 5.92 Å². The van der Waals surface area contributed by atoms with Crippen LogP contribution in [-0.4, -0.2) is 19.0 Å². The van der Waals surface area contributed by atoms with Crippen molar-refractivity contribution in [1.82, 2.24) is 5.32 Å². The Labute approximate surface area is 103 Å². The van der Waals surface area contributed by atoms with E-state index in [-0.39, 0.29) is 5.91 Å². The summed E-state index contributed by atoms with van der Waals surface area (Å²) in [5.41, 5.74) is 2.03. The summed E-state index contributed by atoms with van der Waals surface area (Å²) in [5.74, 6) is 0.953. The number of anilines is 1.